The van der Waals surface area contributed by atoms with E-state index in [-0.39, 0.29) is 23.3 Å². The summed E-state index contributed by atoms with van der Waals surface area (Å²) in [7, 11) is 0. The molecule has 2 heterocycles. The molecular formula is C11H17N3O3S. The summed E-state index contributed by atoms with van der Waals surface area (Å²) in [5.74, 6) is 0. The van der Waals surface area contributed by atoms with Crippen molar-refractivity contribution in [1.29, 1.82) is 0 Å². The number of aliphatic hydroxyl groups is 1. The molecule has 0 saturated carbocycles. The van der Waals surface area contributed by atoms with Crippen molar-refractivity contribution in [2.45, 2.75) is 13.0 Å². The van der Waals surface area contributed by atoms with Crippen molar-refractivity contribution < 1.29 is 10.0 Å². The predicted octanol–water partition coefficient (Wildman–Crippen LogP) is 1.16. The van der Waals surface area contributed by atoms with Gasteiger partial charge in [-0.15, -0.1) is 11.3 Å². The second kappa shape index (κ2) is 5.64. The molecule has 2 rings (SSSR count). The van der Waals surface area contributed by atoms with Gasteiger partial charge in [0.2, 0.25) is 0 Å². The lowest BCUT2D eigenvalue weighted by Crippen LogP contribution is -2.50. The van der Waals surface area contributed by atoms with Gasteiger partial charge in [0.05, 0.1) is 11.5 Å². The number of aliphatic hydroxyl groups excluding tert-OH is 1. The standard InChI is InChI=1S/C11H17N3O3S/c1-9(8-15)12-3-5-13(6-4-12)11-10(14(16)17)2-7-18-11/h2,7,9,15H,3-6,8H2,1H3. The molecule has 1 aliphatic heterocycles. The number of thiophene rings is 1. The summed E-state index contributed by atoms with van der Waals surface area (Å²) in [6.07, 6.45) is 0. The maximum absolute atomic E-state index is 10.9. The van der Waals surface area contributed by atoms with E-state index in [9.17, 15) is 10.1 Å². The van der Waals surface area contributed by atoms with E-state index in [4.69, 9.17) is 5.11 Å². The second-order valence-corrected chi connectivity index (χ2v) is 5.32. The van der Waals surface area contributed by atoms with E-state index in [0.29, 0.717) is 0 Å². The van der Waals surface area contributed by atoms with Crippen LogP contribution in [0.1, 0.15) is 6.92 Å². The Morgan fingerprint density at radius 2 is 2.17 bits per heavy atom. The number of rotatable bonds is 4. The Labute approximate surface area is 110 Å². The van der Waals surface area contributed by atoms with Gasteiger partial charge >= 0.3 is 5.69 Å². The molecule has 1 unspecified atom stereocenters. The van der Waals surface area contributed by atoms with Gasteiger partial charge < -0.3 is 10.0 Å². The number of nitro groups is 1. The van der Waals surface area contributed by atoms with Crippen LogP contribution in [-0.2, 0) is 0 Å². The SMILES string of the molecule is CC(CO)N1CCN(c2sccc2[N+](=O)[O-])CC1. The molecule has 6 nitrogen and oxygen atoms in total. The van der Waals surface area contributed by atoms with E-state index >= 15 is 0 Å². The van der Waals surface area contributed by atoms with Gasteiger partial charge in [0.25, 0.3) is 0 Å². The van der Waals surface area contributed by atoms with Gasteiger partial charge in [-0.05, 0) is 12.3 Å². The molecule has 7 heteroatoms. The summed E-state index contributed by atoms with van der Waals surface area (Å²) in [4.78, 5) is 14.8. The first-order valence-corrected chi connectivity index (χ1v) is 6.83. The molecule has 0 aliphatic carbocycles. The molecule has 0 bridgehead atoms. The summed E-state index contributed by atoms with van der Waals surface area (Å²) in [6, 6.07) is 1.72. The van der Waals surface area contributed by atoms with Crippen molar-refractivity contribution >= 4 is 22.0 Å². The fourth-order valence-corrected chi connectivity index (χ4v) is 3.07. The lowest BCUT2D eigenvalue weighted by atomic mass is 10.2. The number of nitrogens with zero attached hydrogens (tertiary/aromatic N) is 3. The summed E-state index contributed by atoms with van der Waals surface area (Å²) < 4.78 is 0. The zero-order chi connectivity index (χ0) is 13.1. The van der Waals surface area contributed by atoms with Crippen LogP contribution in [0.4, 0.5) is 10.7 Å². The van der Waals surface area contributed by atoms with E-state index in [1.165, 1.54) is 11.3 Å². The quantitative estimate of drug-likeness (QED) is 0.657. The Morgan fingerprint density at radius 1 is 1.50 bits per heavy atom. The van der Waals surface area contributed by atoms with Gasteiger partial charge in [-0.3, -0.25) is 15.0 Å². The third-order valence-electron chi connectivity index (χ3n) is 3.31. The molecule has 0 amide bonds. The molecular weight excluding hydrogens is 254 g/mol. The maximum atomic E-state index is 10.9. The monoisotopic (exact) mass is 271 g/mol. The Kier molecular flexibility index (Phi) is 4.15. The molecule has 1 atom stereocenters. The first-order valence-electron chi connectivity index (χ1n) is 5.95. The number of anilines is 1. The maximum Gasteiger partial charge on any atom is 0.303 e. The zero-order valence-corrected chi connectivity index (χ0v) is 11.1. The molecule has 1 saturated heterocycles. The van der Waals surface area contributed by atoms with Crippen LogP contribution in [0.25, 0.3) is 0 Å². The molecule has 0 aromatic carbocycles. The van der Waals surface area contributed by atoms with Crippen molar-refractivity contribution in [2.24, 2.45) is 0 Å². The topological polar surface area (TPSA) is 69.8 Å². The largest absolute Gasteiger partial charge is 0.395 e. The van der Waals surface area contributed by atoms with Crippen LogP contribution in [0, 0.1) is 10.1 Å². The molecule has 1 fully saturated rings. The van der Waals surface area contributed by atoms with Gasteiger partial charge in [-0.25, -0.2) is 0 Å². The van der Waals surface area contributed by atoms with Crippen LogP contribution in [0.3, 0.4) is 0 Å². The molecule has 0 spiro atoms. The van der Waals surface area contributed by atoms with Crippen LogP contribution in [-0.4, -0.2) is 53.8 Å². The van der Waals surface area contributed by atoms with Crippen molar-refractivity contribution in [3.8, 4) is 0 Å². The van der Waals surface area contributed by atoms with Crippen molar-refractivity contribution in [1.82, 2.24) is 4.90 Å². The average Bonchev–Trinajstić information content (AvgIpc) is 2.87. The third-order valence-corrected chi connectivity index (χ3v) is 4.27. The molecule has 1 aromatic heterocycles. The van der Waals surface area contributed by atoms with Gasteiger partial charge in [0.1, 0.15) is 0 Å². The van der Waals surface area contributed by atoms with Crippen LogP contribution >= 0.6 is 11.3 Å². The Morgan fingerprint density at radius 3 is 2.72 bits per heavy atom. The van der Waals surface area contributed by atoms with Crippen molar-refractivity contribution in [2.75, 3.05) is 37.7 Å². The highest BCUT2D eigenvalue weighted by Gasteiger charge is 2.26. The minimum Gasteiger partial charge on any atom is -0.395 e. The second-order valence-electron chi connectivity index (χ2n) is 4.42. The number of hydrogen-bond acceptors (Lipinski definition) is 6. The van der Waals surface area contributed by atoms with E-state index < -0.39 is 0 Å². The lowest BCUT2D eigenvalue weighted by Gasteiger charge is -2.37. The first-order chi connectivity index (χ1) is 8.63. The molecule has 18 heavy (non-hydrogen) atoms. The fourth-order valence-electron chi connectivity index (χ4n) is 2.15. The summed E-state index contributed by atoms with van der Waals surface area (Å²) in [5, 5.41) is 22.5. The van der Waals surface area contributed by atoms with Gasteiger partial charge in [-0.2, -0.15) is 0 Å². The van der Waals surface area contributed by atoms with Crippen LogP contribution in [0.5, 0.6) is 0 Å². The molecule has 1 aromatic rings. The normalized spacial score (nSPS) is 18.9. The van der Waals surface area contributed by atoms with E-state index in [0.717, 1.165) is 31.2 Å². The number of piperazine rings is 1. The molecule has 1 aliphatic rings. The van der Waals surface area contributed by atoms with Gasteiger partial charge in [0.15, 0.2) is 5.00 Å². The van der Waals surface area contributed by atoms with E-state index in [1.807, 2.05) is 6.92 Å². The molecule has 1 N–H and O–H groups in total. The third kappa shape index (κ3) is 2.63. The van der Waals surface area contributed by atoms with E-state index in [1.54, 1.807) is 11.4 Å². The van der Waals surface area contributed by atoms with Crippen molar-refractivity contribution in [3.63, 3.8) is 0 Å². The highest BCUT2D eigenvalue weighted by molar-refractivity contribution is 7.14. The smallest absolute Gasteiger partial charge is 0.303 e. The minimum atomic E-state index is -0.325. The first kappa shape index (κ1) is 13.3. The zero-order valence-electron chi connectivity index (χ0n) is 10.3. The lowest BCUT2D eigenvalue weighted by molar-refractivity contribution is -0.383. The Balaban J connectivity index is 2.01. The summed E-state index contributed by atoms with van der Waals surface area (Å²) >= 11 is 1.42. The minimum absolute atomic E-state index is 0.152. The van der Waals surface area contributed by atoms with E-state index in [2.05, 4.69) is 9.80 Å². The summed E-state index contributed by atoms with van der Waals surface area (Å²) in [5.41, 5.74) is 0.198. The predicted molar refractivity (Wildman–Crippen MR) is 71.3 cm³/mol. The highest BCUT2D eigenvalue weighted by Crippen LogP contribution is 2.34. The average molecular weight is 271 g/mol. The van der Waals surface area contributed by atoms with Crippen LogP contribution in [0.2, 0.25) is 0 Å². The fraction of sp³-hybridized carbons (Fsp3) is 0.636. The highest BCUT2D eigenvalue weighted by atomic mass is 32.1. The van der Waals surface area contributed by atoms with Crippen molar-refractivity contribution in [3.05, 3.63) is 21.6 Å². The van der Waals surface area contributed by atoms with Gasteiger partial charge in [-0.1, -0.05) is 0 Å². The summed E-state index contributed by atoms with van der Waals surface area (Å²) in [6.45, 7) is 5.34. The van der Waals surface area contributed by atoms with Crippen LogP contribution in [0.15, 0.2) is 11.4 Å². The van der Waals surface area contributed by atoms with Gasteiger partial charge in [0, 0.05) is 38.3 Å². The molecule has 100 valence electrons. The molecule has 0 radical (unpaired) electrons. The Bertz CT molecular complexity index is 415. The Hall–Kier alpha value is -1.18. The number of hydrogen-bond donors (Lipinski definition) is 1. The van der Waals surface area contributed by atoms with Crippen LogP contribution < -0.4 is 4.90 Å².